The molecule has 0 saturated carbocycles. The lowest BCUT2D eigenvalue weighted by molar-refractivity contribution is -0.137. The zero-order valence-corrected chi connectivity index (χ0v) is 10.7. The molecule has 0 amide bonds. The van der Waals surface area contributed by atoms with Crippen molar-refractivity contribution in [2.24, 2.45) is 0 Å². The van der Waals surface area contributed by atoms with Crippen molar-refractivity contribution in [3.8, 4) is 0 Å². The van der Waals surface area contributed by atoms with Crippen LogP contribution in [0, 0.1) is 0 Å². The molecule has 0 fully saturated rings. The Labute approximate surface area is 101 Å². The minimum Gasteiger partial charge on any atom is -0.481 e. The number of hydrogen-bond donors (Lipinski definition) is 1. The molecule has 0 aliphatic carbocycles. The Morgan fingerprint density at radius 1 is 1.62 bits per heavy atom. The second-order valence-electron chi connectivity index (χ2n) is 3.92. The molecule has 1 unspecified atom stereocenters. The van der Waals surface area contributed by atoms with Crippen LogP contribution in [0.2, 0.25) is 0 Å². The molecule has 0 saturated heterocycles. The Bertz CT molecular complexity index is 311. The van der Waals surface area contributed by atoms with Crippen molar-refractivity contribution in [2.75, 3.05) is 6.54 Å². The van der Waals surface area contributed by atoms with Crippen LogP contribution in [0.3, 0.4) is 0 Å². The normalized spacial score (nSPS) is 12.9. The summed E-state index contributed by atoms with van der Waals surface area (Å²) < 4.78 is 0. The molecule has 0 radical (unpaired) electrons. The first-order valence-corrected chi connectivity index (χ1v) is 6.49. The van der Waals surface area contributed by atoms with Gasteiger partial charge in [0, 0.05) is 23.9 Å². The van der Waals surface area contributed by atoms with Gasteiger partial charge in [0.25, 0.3) is 0 Å². The second kappa shape index (κ2) is 6.66. The first-order chi connectivity index (χ1) is 7.63. The summed E-state index contributed by atoms with van der Waals surface area (Å²) in [5, 5.41) is 10.7. The van der Waals surface area contributed by atoms with E-state index in [2.05, 4.69) is 36.3 Å². The van der Waals surface area contributed by atoms with Crippen molar-refractivity contribution in [3.63, 3.8) is 0 Å². The molecule has 90 valence electrons. The van der Waals surface area contributed by atoms with Crippen LogP contribution in [0.25, 0.3) is 0 Å². The molecule has 0 spiro atoms. The number of hydrogen-bond acceptors (Lipinski definition) is 3. The molecule has 0 bridgehead atoms. The van der Waals surface area contributed by atoms with Gasteiger partial charge in [0.2, 0.25) is 0 Å². The molecule has 3 nitrogen and oxygen atoms in total. The molecule has 1 rings (SSSR count). The quantitative estimate of drug-likeness (QED) is 0.798. The van der Waals surface area contributed by atoms with Gasteiger partial charge in [-0.15, -0.1) is 11.3 Å². The lowest BCUT2D eigenvalue weighted by Crippen LogP contribution is -2.32. The van der Waals surface area contributed by atoms with Crippen LogP contribution in [0.15, 0.2) is 17.5 Å². The van der Waals surface area contributed by atoms with Crippen molar-refractivity contribution in [1.29, 1.82) is 0 Å². The van der Waals surface area contributed by atoms with Gasteiger partial charge in [0.05, 0.1) is 0 Å². The van der Waals surface area contributed by atoms with E-state index in [1.165, 1.54) is 4.88 Å². The third-order valence-corrected chi connectivity index (χ3v) is 3.61. The van der Waals surface area contributed by atoms with Gasteiger partial charge in [-0.25, -0.2) is 0 Å². The summed E-state index contributed by atoms with van der Waals surface area (Å²) in [6.45, 7) is 6.10. The number of carbonyl (C=O) groups is 1. The molecule has 0 aliphatic heterocycles. The number of carboxylic acid groups (broad SMARTS) is 1. The summed E-state index contributed by atoms with van der Waals surface area (Å²) in [5.41, 5.74) is 0. The summed E-state index contributed by atoms with van der Waals surface area (Å²) in [5.74, 6) is -0.709. The van der Waals surface area contributed by atoms with Crippen LogP contribution in [0.1, 0.15) is 31.6 Å². The smallest absolute Gasteiger partial charge is 0.303 e. The van der Waals surface area contributed by atoms with Crippen LogP contribution in [0.5, 0.6) is 0 Å². The third kappa shape index (κ3) is 4.33. The minimum atomic E-state index is -0.709. The lowest BCUT2D eigenvalue weighted by atomic mass is 10.1. The highest BCUT2D eigenvalue weighted by atomic mass is 32.1. The van der Waals surface area contributed by atoms with Gasteiger partial charge >= 0.3 is 5.97 Å². The SMILES string of the molecule is CCN(Cc1cccs1)C(C)CCC(=O)O. The first-order valence-electron chi connectivity index (χ1n) is 5.61. The summed E-state index contributed by atoms with van der Waals surface area (Å²) in [6.07, 6.45) is 0.969. The summed E-state index contributed by atoms with van der Waals surface area (Å²) in [6, 6.07) is 4.50. The fraction of sp³-hybridized carbons (Fsp3) is 0.583. The molecule has 16 heavy (non-hydrogen) atoms. The van der Waals surface area contributed by atoms with Crippen LogP contribution in [-0.4, -0.2) is 28.6 Å². The first kappa shape index (κ1) is 13.2. The van der Waals surface area contributed by atoms with Gasteiger partial charge in [-0.05, 0) is 31.3 Å². The van der Waals surface area contributed by atoms with Gasteiger partial charge in [-0.1, -0.05) is 13.0 Å². The number of carboxylic acids is 1. The molecule has 1 heterocycles. The summed E-state index contributed by atoms with van der Waals surface area (Å²) >= 11 is 1.75. The average molecular weight is 241 g/mol. The molecule has 0 aliphatic rings. The van der Waals surface area contributed by atoms with Crippen LogP contribution < -0.4 is 0 Å². The van der Waals surface area contributed by atoms with E-state index in [0.717, 1.165) is 13.1 Å². The Morgan fingerprint density at radius 2 is 2.38 bits per heavy atom. The maximum atomic E-state index is 10.5. The van der Waals surface area contributed by atoms with E-state index in [-0.39, 0.29) is 6.42 Å². The highest BCUT2D eigenvalue weighted by Crippen LogP contribution is 2.15. The zero-order chi connectivity index (χ0) is 12.0. The van der Waals surface area contributed by atoms with Crippen LogP contribution in [0.4, 0.5) is 0 Å². The van der Waals surface area contributed by atoms with Gasteiger partial charge < -0.3 is 5.11 Å². The maximum Gasteiger partial charge on any atom is 0.303 e. The van der Waals surface area contributed by atoms with Crippen molar-refractivity contribution >= 4 is 17.3 Å². The Balaban J connectivity index is 2.43. The van der Waals surface area contributed by atoms with E-state index >= 15 is 0 Å². The minimum absolute atomic E-state index is 0.252. The molecule has 1 atom stereocenters. The van der Waals surface area contributed by atoms with E-state index in [1.807, 2.05) is 0 Å². The summed E-state index contributed by atoms with van der Waals surface area (Å²) in [7, 11) is 0. The number of aliphatic carboxylic acids is 1. The van der Waals surface area contributed by atoms with E-state index in [0.29, 0.717) is 12.5 Å². The molecule has 1 N–H and O–H groups in total. The lowest BCUT2D eigenvalue weighted by Gasteiger charge is -2.26. The Hall–Kier alpha value is -0.870. The Kier molecular flexibility index (Phi) is 5.49. The van der Waals surface area contributed by atoms with Gasteiger partial charge in [0.15, 0.2) is 0 Å². The molecular formula is C12H19NO2S. The fourth-order valence-electron chi connectivity index (χ4n) is 1.70. The summed E-state index contributed by atoms with van der Waals surface area (Å²) in [4.78, 5) is 14.2. The van der Waals surface area contributed by atoms with Crippen molar-refractivity contribution in [3.05, 3.63) is 22.4 Å². The monoisotopic (exact) mass is 241 g/mol. The third-order valence-electron chi connectivity index (χ3n) is 2.74. The maximum absolute atomic E-state index is 10.5. The zero-order valence-electron chi connectivity index (χ0n) is 9.85. The number of rotatable bonds is 7. The van der Waals surface area contributed by atoms with E-state index in [4.69, 9.17) is 5.11 Å². The van der Waals surface area contributed by atoms with Gasteiger partial charge in [-0.3, -0.25) is 9.69 Å². The van der Waals surface area contributed by atoms with Gasteiger partial charge in [0.1, 0.15) is 0 Å². The van der Waals surface area contributed by atoms with E-state index < -0.39 is 5.97 Å². The topological polar surface area (TPSA) is 40.5 Å². The molecule has 1 aromatic rings. The van der Waals surface area contributed by atoms with E-state index in [1.54, 1.807) is 11.3 Å². The second-order valence-corrected chi connectivity index (χ2v) is 4.96. The highest BCUT2D eigenvalue weighted by molar-refractivity contribution is 7.09. The van der Waals surface area contributed by atoms with Crippen molar-refractivity contribution < 1.29 is 9.90 Å². The number of thiophene rings is 1. The fourth-order valence-corrected chi connectivity index (χ4v) is 2.43. The highest BCUT2D eigenvalue weighted by Gasteiger charge is 2.14. The predicted octanol–water partition coefficient (Wildman–Crippen LogP) is 2.82. The van der Waals surface area contributed by atoms with Gasteiger partial charge in [-0.2, -0.15) is 0 Å². The largest absolute Gasteiger partial charge is 0.481 e. The Morgan fingerprint density at radius 3 is 2.88 bits per heavy atom. The standard InChI is InChI=1S/C12H19NO2S/c1-3-13(9-11-5-4-8-16-11)10(2)6-7-12(14)15/h4-5,8,10H,3,6-7,9H2,1-2H3,(H,14,15). The van der Waals surface area contributed by atoms with E-state index in [9.17, 15) is 4.79 Å². The van der Waals surface area contributed by atoms with Crippen LogP contribution in [-0.2, 0) is 11.3 Å². The molecular weight excluding hydrogens is 222 g/mol. The predicted molar refractivity (Wildman–Crippen MR) is 66.7 cm³/mol. The van der Waals surface area contributed by atoms with Crippen molar-refractivity contribution in [1.82, 2.24) is 4.90 Å². The van der Waals surface area contributed by atoms with Crippen LogP contribution >= 0.6 is 11.3 Å². The molecule has 0 aromatic carbocycles. The van der Waals surface area contributed by atoms with Crippen molar-refractivity contribution in [2.45, 2.75) is 39.3 Å². The number of nitrogens with zero attached hydrogens (tertiary/aromatic N) is 1. The average Bonchev–Trinajstić information content (AvgIpc) is 2.75. The molecule has 1 aromatic heterocycles. The molecule has 4 heteroatoms.